The zero-order chi connectivity index (χ0) is 6.95. The van der Waals surface area contributed by atoms with Crippen LogP contribution in [0.2, 0.25) is 0 Å². The Morgan fingerprint density at radius 2 is 1.17 bits per heavy atom. The van der Waals surface area contributed by atoms with Crippen molar-refractivity contribution in [3.05, 3.63) is 30.6 Å². The van der Waals surface area contributed by atoms with Gasteiger partial charge in [0, 0.05) is 12.1 Å². The Bertz CT molecular complexity index is 155. The Hall–Kier alpha value is -0.408. The molecule has 0 saturated heterocycles. The van der Waals surface area contributed by atoms with Gasteiger partial charge in [-0.2, -0.15) is 0 Å². The van der Waals surface area contributed by atoms with E-state index < -0.39 is 27.8 Å². The smallest absolute Gasteiger partial charge is 0.166 e. The van der Waals surface area contributed by atoms with Crippen LogP contribution in [0.4, 0.5) is 0 Å². The number of aromatic amines is 1. The van der Waals surface area contributed by atoms with Crippen molar-refractivity contribution in [2.75, 3.05) is 0 Å². The van der Waals surface area contributed by atoms with Crippen molar-refractivity contribution in [3.8, 4) is 0 Å². The zero-order valence-electron chi connectivity index (χ0n) is 5.84. The van der Waals surface area contributed by atoms with Crippen LogP contribution in [0.15, 0.2) is 30.6 Å². The van der Waals surface area contributed by atoms with Crippen LogP contribution < -0.4 is 19.1 Å². The van der Waals surface area contributed by atoms with Crippen molar-refractivity contribution in [1.29, 1.82) is 0 Å². The van der Waals surface area contributed by atoms with Gasteiger partial charge in [0.2, 0.25) is 0 Å². The molecule has 0 spiro atoms. The van der Waals surface area contributed by atoms with E-state index in [0.29, 0.717) is 0 Å². The second-order valence-corrected chi connectivity index (χ2v) is 1.85. The number of rotatable bonds is 0. The molecule has 1 heterocycles. The molecule has 0 fully saturated rings. The SMILES string of the molecule is [F-].[F-].[F-].[O]=[U+2]=[O].c1cc[nH+]cc1. The number of halogens is 3. The maximum Gasteiger partial charge on any atom is 0.166 e. The van der Waals surface area contributed by atoms with E-state index in [1.54, 1.807) is 0 Å². The van der Waals surface area contributed by atoms with E-state index in [4.69, 9.17) is 4.47 Å². The molecule has 0 amide bonds. The molecule has 1 aromatic rings. The number of aromatic nitrogens is 1. The molecular formula is C5H6F3NO2U. The summed E-state index contributed by atoms with van der Waals surface area (Å²) in [5, 5.41) is 0. The molecule has 3 nitrogen and oxygen atoms in total. The molecule has 0 saturated carbocycles. The van der Waals surface area contributed by atoms with Crippen molar-refractivity contribution in [2.24, 2.45) is 0 Å². The van der Waals surface area contributed by atoms with E-state index in [9.17, 15) is 0 Å². The van der Waals surface area contributed by atoms with Gasteiger partial charge in [-0.15, -0.1) is 0 Å². The number of hydrogen-bond acceptors (Lipinski definition) is 2. The fraction of sp³-hybridized carbons (Fsp3) is 0. The first-order valence-electron chi connectivity index (χ1n) is 2.32. The predicted octanol–water partition coefficient (Wildman–Crippen LogP) is -8.72. The first kappa shape index (κ1) is 22.6. The molecule has 0 aliphatic heterocycles. The van der Waals surface area contributed by atoms with E-state index in [2.05, 4.69) is 4.98 Å². The minimum absolute atomic E-state index is 0. The average molecular weight is 407 g/mol. The molecule has 0 aliphatic rings. The van der Waals surface area contributed by atoms with Crippen LogP contribution in [-0.2, 0) is 4.47 Å². The standard InChI is InChI=1S/C5H5N.3FH.2O.U/c1-2-4-6-5-3-1;;;;;;/h1-5H;3*1H;;;/q;;;;;;+2/p-2. The van der Waals surface area contributed by atoms with Crippen molar-refractivity contribution < 1.29 is 51.4 Å². The van der Waals surface area contributed by atoms with Gasteiger partial charge in [-0.3, -0.25) is 0 Å². The quantitative estimate of drug-likeness (QED) is 0.429. The molecule has 1 rings (SSSR count). The van der Waals surface area contributed by atoms with E-state index >= 15 is 0 Å². The van der Waals surface area contributed by atoms with Gasteiger partial charge in [0.25, 0.3) is 0 Å². The van der Waals surface area contributed by atoms with Gasteiger partial charge in [-0.1, -0.05) is 6.07 Å². The average Bonchev–Trinajstić information content (AvgIpc) is 1.93. The fourth-order valence-corrected chi connectivity index (χ4v) is 0.342. The first-order chi connectivity index (χ1) is 4.41. The number of hydrogen-bond donors (Lipinski definition) is 0. The third-order valence-electron chi connectivity index (χ3n) is 0.607. The van der Waals surface area contributed by atoms with Crippen LogP contribution in [0.3, 0.4) is 0 Å². The monoisotopic (exact) mass is 407 g/mol. The summed E-state index contributed by atoms with van der Waals surface area (Å²) in [5.41, 5.74) is 0. The van der Waals surface area contributed by atoms with E-state index in [-0.39, 0.29) is 14.1 Å². The normalized spacial score (nSPS) is 4.67. The van der Waals surface area contributed by atoms with E-state index in [1.807, 2.05) is 30.6 Å². The molecule has 0 bridgehead atoms. The summed E-state index contributed by atoms with van der Waals surface area (Å²) in [6, 6.07) is 5.86. The van der Waals surface area contributed by atoms with Gasteiger partial charge in [0.1, 0.15) is 0 Å². The molecule has 0 unspecified atom stereocenters. The Kier molecular flexibility index (Phi) is 42.2. The molecule has 68 valence electrons. The second-order valence-electron chi connectivity index (χ2n) is 1.16. The molecule has 0 atom stereocenters. The third-order valence-corrected chi connectivity index (χ3v) is 0.607. The van der Waals surface area contributed by atoms with Crippen LogP contribution >= 0.6 is 0 Å². The van der Waals surface area contributed by atoms with Crippen molar-refractivity contribution >= 4 is 0 Å². The summed E-state index contributed by atoms with van der Waals surface area (Å²) in [6.45, 7) is 0. The number of pyridine rings is 1. The van der Waals surface area contributed by atoms with Gasteiger partial charge in [-0.05, 0) is 0 Å². The van der Waals surface area contributed by atoms with Gasteiger partial charge in [0.05, 0.1) is 0 Å². The fourth-order valence-electron chi connectivity index (χ4n) is 0.342. The molecule has 1 aromatic heterocycles. The molecule has 0 radical (unpaired) electrons. The van der Waals surface area contributed by atoms with Crippen LogP contribution in [0.25, 0.3) is 0 Å². The summed E-state index contributed by atoms with van der Waals surface area (Å²) in [4.78, 5) is 2.89. The second kappa shape index (κ2) is 22.4. The van der Waals surface area contributed by atoms with Gasteiger partial charge in [-0.25, -0.2) is 4.98 Å². The predicted molar refractivity (Wildman–Crippen MR) is 24.4 cm³/mol. The molecule has 7 heteroatoms. The van der Waals surface area contributed by atoms with Gasteiger partial charge in [0.15, 0.2) is 12.4 Å². The Labute approximate surface area is 81.9 Å². The van der Waals surface area contributed by atoms with Gasteiger partial charge >= 0.3 is 32.3 Å². The molecule has 0 aliphatic carbocycles. The maximum absolute atomic E-state index is 8.58. The van der Waals surface area contributed by atoms with Crippen molar-refractivity contribution in [2.45, 2.75) is 0 Å². The summed E-state index contributed by atoms with van der Waals surface area (Å²) in [7, 11) is 0. The summed E-state index contributed by atoms with van der Waals surface area (Å²) in [6.07, 6.45) is 3.75. The minimum Gasteiger partial charge on any atom is -0.218 e. The van der Waals surface area contributed by atoms with Crippen LogP contribution in [-0.4, -0.2) is 0 Å². The Morgan fingerprint density at radius 3 is 1.25 bits per heavy atom. The maximum atomic E-state index is 8.58. The Morgan fingerprint density at radius 1 is 0.833 bits per heavy atom. The van der Waals surface area contributed by atoms with E-state index in [1.165, 1.54) is 0 Å². The van der Waals surface area contributed by atoms with E-state index in [0.717, 1.165) is 0 Å². The molecular weight excluding hydrogens is 401 g/mol. The topological polar surface area (TPSA) is 48.3 Å². The van der Waals surface area contributed by atoms with Crippen molar-refractivity contribution in [3.63, 3.8) is 0 Å². The number of nitrogens with one attached hydrogen (secondary N) is 1. The molecule has 0 aromatic carbocycles. The zero-order valence-corrected chi connectivity index (χ0v) is 10.0. The largest absolute Gasteiger partial charge is 0.218 e. The summed E-state index contributed by atoms with van der Waals surface area (Å²) >= 11 is -2.51. The summed E-state index contributed by atoms with van der Waals surface area (Å²) in [5.74, 6) is 0. The molecule has 12 heavy (non-hydrogen) atoms. The third kappa shape index (κ3) is 22.6. The summed E-state index contributed by atoms with van der Waals surface area (Å²) < 4.78 is 17.2. The van der Waals surface area contributed by atoms with Crippen molar-refractivity contribution in [1.82, 2.24) is 0 Å². The van der Waals surface area contributed by atoms with Crippen LogP contribution in [0.5, 0.6) is 0 Å². The van der Waals surface area contributed by atoms with Crippen LogP contribution in [0, 0.1) is 27.8 Å². The Balaban J connectivity index is -0.0000000489. The minimum atomic E-state index is -2.51. The molecule has 1 N–H and O–H groups in total. The van der Waals surface area contributed by atoms with Gasteiger partial charge < -0.3 is 14.1 Å². The number of H-pyrrole nitrogens is 1. The van der Waals surface area contributed by atoms with Crippen LogP contribution in [0.1, 0.15) is 0 Å². The first-order valence-corrected chi connectivity index (χ1v) is 5.72.